The van der Waals surface area contributed by atoms with Gasteiger partial charge in [0.2, 0.25) is 0 Å². The van der Waals surface area contributed by atoms with Gasteiger partial charge in [0.15, 0.2) is 0 Å². The molecule has 1 heterocycles. The zero-order chi connectivity index (χ0) is 10.6. The lowest BCUT2D eigenvalue weighted by atomic mass is 9.88. The Kier molecular flexibility index (Phi) is 4.55. The van der Waals surface area contributed by atoms with E-state index >= 15 is 0 Å². The number of carbonyl (C=O) groups excluding carboxylic acids is 1. The number of likely N-dealkylation sites (tertiary alicyclic amines) is 1. The minimum absolute atomic E-state index is 0.306. The Balaban J connectivity index is 2.30. The van der Waals surface area contributed by atoms with Gasteiger partial charge in [0, 0.05) is 12.3 Å². The minimum Gasteiger partial charge on any atom is -0.330 e. The molecule has 1 fully saturated rings. The number of nitrogens with two attached hydrogens (primary N) is 1. The average molecular weight is 198 g/mol. The number of carbonyl (C=O) groups is 1. The van der Waals surface area contributed by atoms with Crippen LogP contribution in [0.5, 0.6) is 0 Å². The maximum atomic E-state index is 11.8. The van der Waals surface area contributed by atoms with Crippen LogP contribution in [0.2, 0.25) is 0 Å². The summed E-state index contributed by atoms with van der Waals surface area (Å²) in [5.41, 5.74) is 5.51. The monoisotopic (exact) mass is 198 g/mol. The fourth-order valence-corrected chi connectivity index (χ4v) is 1.92. The summed E-state index contributed by atoms with van der Waals surface area (Å²) in [7, 11) is 2.11. The lowest BCUT2D eigenvalue weighted by Gasteiger charge is -2.28. The summed E-state index contributed by atoms with van der Waals surface area (Å²) in [5.74, 6) is 1.08. The van der Waals surface area contributed by atoms with Crippen molar-refractivity contribution in [3.8, 4) is 0 Å². The summed E-state index contributed by atoms with van der Waals surface area (Å²) in [4.78, 5) is 14.1. The molecule has 1 aliphatic rings. The van der Waals surface area contributed by atoms with E-state index in [1.807, 2.05) is 6.92 Å². The summed E-state index contributed by atoms with van der Waals surface area (Å²) in [6.45, 7) is 4.80. The molecule has 14 heavy (non-hydrogen) atoms. The first kappa shape index (κ1) is 11.7. The maximum absolute atomic E-state index is 11.8. The third-order valence-electron chi connectivity index (χ3n) is 3.13. The molecular weight excluding hydrogens is 176 g/mol. The van der Waals surface area contributed by atoms with E-state index in [-0.39, 0.29) is 0 Å². The number of hydrogen-bond donors (Lipinski definition) is 1. The minimum atomic E-state index is 0.306. The molecule has 1 saturated heterocycles. The maximum Gasteiger partial charge on any atom is 0.136 e. The van der Waals surface area contributed by atoms with Crippen LogP contribution in [0.4, 0.5) is 0 Å². The van der Waals surface area contributed by atoms with Crippen LogP contribution in [0.3, 0.4) is 0 Å². The second kappa shape index (κ2) is 5.47. The van der Waals surface area contributed by atoms with E-state index in [0.717, 1.165) is 25.9 Å². The first-order valence-corrected chi connectivity index (χ1v) is 5.54. The fraction of sp³-hybridized carbons (Fsp3) is 0.909. The lowest BCUT2D eigenvalue weighted by molar-refractivity contribution is -0.124. The molecule has 82 valence electrons. The zero-order valence-electron chi connectivity index (χ0n) is 9.33. The number of Topliss-reactive ketones (excluding diaryl/α,β-unsaturated/α-hetero) is 1. The van der Waals surface area contributed by atoms with E-state index < -0.39 is 0 Å². The molecule has 0 aromatic rings. The van der Waals surface area contributed by atoms with E-state index in [1.165, 1.54) is 0 Å². The summed E-state index contributed by atoms with van der Waals surface area (Å²) >= 11 is 0. The van der Waals surface area contributed by atoms with Gasteiger partial charge in [0.25, 0.3) is 0 Å². The predicted octanol–water partition coefficient (Wildman–Crippen LogP) is 0.882. The van der Waals surface area contributed by atoms with E-state index in [1.54, 1.807) is 0 Å². The molecule has 1 atom stereocenters. The van der Waals surface area contributed by atoms with Crippen molar-refractivity contribution >= 4 is 5.78 Å². The molecule has 3 heteroatoms. The normalized spacial score (nSPS) is 22.2. The van der Waals surface area contributed by atoms with Crippen molar-refractivity contribution in [2.75, 3.05) is 26.7 Å². The van der Waals surface area contributed by atoms with Crippen LogP contribution in [0.15, 0.2) is 0 Å². The molecule has 0 aliphatic carbocycles. The van der Waals surface area contributed by atoms with Gasteiger partial charge >= 0.3 is 0 Å². The van der Waals surface area contributed by atoms with E-state index in [4.69, 9.17) is 5.73 Å². The van der Waals surface area contributed by atoms with Gasteiger partial charge in [-0.2, -0.15) is 0 Å². The summed E-state index contributed by atoms with van der Waals surface area (Å²) in [6.07, 6.45) is 2.74. The Morgan fingerprint density at radius 1 is 1.50 bits per heavy atom. The van der Waals surface area contributed by atoms with Crippen LogP contribution in [0.1, 0.15) is 26.2 Å². The Morgan fingerprint density at radius 2 is 2.07 bits per heavy atom. The standard InChI is InChI=1S/C11H22N2O/c1-9(8-12)7-11(14)10-3-5-13(2)6-4-10/h9-10H,3-8,12H2,1-2H3. The molecule has 1 aliphatic heterocycles. The largest absolute Gasteiger partial charge is 0.330 e. The van der Waals surface area contributed by atoms with Crippen LogP contribution >= 0.6 is 0 Å². The predicted molar refractivity (Wildman–Crippen MR) is 58.1 cm³/mol. The number of hydrogen-bond acceptors (Lipinski definition) is 3. The number of rotatable bonds is 4. The van der Waals surface area contributed by atoms with Gasteiger partial charge in [-0.1, -0.05) is 6.92 Å². The summed E-state index contributed by atoms with van der Waals surface area (Å²) < 4.78 is 0. The van der Waals surface area contributed by atoms with Gasteiger partial charge in [0.1, 0.15) is 5.78 Å². The number of piperidine rings is 1. The first-order chi connectivity index (χ1) is 6.63. The van der Waals surface area contributed by atoms with Crippen molar-refractivity contribution in [3.63, 3.8) is 0 Å². The van der Waals surface area contributed by atoms with Gasteiger partial charge in [-0.25, -0.2) is 0 Å². The van der Waals surface area contributed by atoms with Crippen molar-refractivity contribution < 1.29 is 4.79 Å². The van der Waals surface area contributed by atoms with Crippen molar-refractivity contribution in [3.05, 3.63) is 0 Å². The van der Waals surface area contributed by atoms with Crippen LogP contribution in [-0.2, 0) is 4.79 Å². The second-order valence-electron chi connectivity index (χ2n) is 4.59. The molecule has 0 radical (unpaired) electrons. The Morgan fingerprint density at radius 3 is 2.57 bits per heavy atom. The molecule has 1 rings (SSSR count). The number of ketones is 1. The summed E-state index contributed by atoms with van der Waals surface area (Å²) in [6, 6.07) is 0. The zero-order valence-corrected chi connectivity index (χ0v) is 9.33. The average Bonchev–Trinajstić information content (AvgIpc) is 2.18. The smallest absolute Gasteiger partial charge is 0.136 e. The van der Waals surface area contributed by atoms with Crippen LogP contribution in [-0.4, -0.2) is 37.4 Å². The first-order valence-electron chi connectivity index (χ1n) is 5.54. The highest BCUT2D eigenvalue weighted by Crippen LogP contribution is 2.19. The molecule has 0 aromatic carbocycles. The molecular formula is C11H22N2O. The Hall–Kier alpha value is -0.410. The molecule has 3 nitrogen and oxygen atoms in total. The third kappa shape index (κ3) is 3.39. The van der Waals surface area contributed by atoms with Crippen molar-refractivity contribution in [2.24, 2.45) is 17.6 Å². The van der Waals surface area contributed by atoms with Crippen LogP contribution in [0, 0.1) is 11.8 Å². The number of nitrogens with zero attached hydrogens (tertiary/aromatic N) is 1. The topological polar surface area (TPSA) is 46.3 Å². The van der Waals surface area contributed by atoms with Crippen molar-refractivity contribution in [2.45, 2.75) is 26.2 Å². The molecule has 1 unspecified atom stereocenters. The van der Waals surface area contributed by atoms with Crippen LogP contribution in [0.25, 0.3) is 0 Å². The van der Waals surface area contributed by atoms with Gasteiger partial charge < -0.3 is 10.6 Å². The van der Waals surface area contributed by atoms with Gasteiger partial charge in [-0.3, -0.25) is 4.79 Å². The van der Waals surface area contributed by atoms with Gasteiger partial charge in [-0.05, 0) is 45.4 Å². The molecule has 0 saturated carbocycles. The quantitative estimate of drug-likeness (QED) is 0.729. The van der Waals surface area contributed by atoms with E-state index in [9.17, 15) is 4.79 Å². The lowest BCUT2D eigenvalue weighted by Crippen LogP contribution is -2.34. The summed E-state index contributed by atoms with van der Waals surface area (Å²) in [5, 5.41) is 0. The van der Waals surface area contributed by atoms with Crippen LogP contribution < -0.4 is 5.73 Å². The third-order valence-corrected chi connectivity index (χ3v) is 3.13. The SMILES string of the molecule is CC(CN)CC(=O)C1CCN(C)CC1. The Bertz CT molecular complexity index is 186. The van der Waals surface area contributed by atoms with E-state index in [2.05, 4.69) is 11.9 Å². The van der Waals surface area contributed by atoms with Gasteiger partial charge in [-0.15, -0.1) is 0 Å². The molecule has 0 amide bonds. The Labute approximate surface area is 86.6 Å². The second-order valence-corrected chi connectivity index (χ2v) is 4.59. The van der Waals surface area contributed by atoms with Gasteiger partial charge in [0.05, 0.1) is 0 Å². The highest BCUT2D eigenvalue weighted by atomic mass is 16.1. The van der Waals surface area contributed by atoms with E-state index in [0.29, 0.717) is 30.6 Å². The molecule has 0 bridgehead atoms. The van der Waals surface area contributed by atoms with Crippen molar-refractivity contribution in [1.82, 2.24) is 4.90 Å². The highest BCUT2D eigenvalue weighted by molar-refractivity contribution is 5.81. The fourth-order valence-electron chi connectivity index (χ4n) is 1.92. The molecule has 0 aromatic heterocycles. The highest BCUT2D eigenvalue weighted by Gasteiger charge is 2.23. The molecule has 2 N–H and O–H groups in total. The molecule has 0 spiro atoms. The van der Waals surface area contributed by atoms with Crippen molar-refractivity contribution in [1.29, 1.82) is 0 Å².